The summed E-state index contributed by atoms with van der Waals surface area (Å²) in [5, 5.41) is 23.4. The lowest BCUT2D eigenvalue weighted by atomic mass is 10.00. The molecule has 0 saturated heterocycles. The van der Waals surface area contributed by atoms with Crippen LogP contribution in [-0.4, -0.2) is 37.3 Å². The van der Waals surface area contributed by atoms with Gasteiger partial charge in [-0.25, -0.2) is 0 Å². The van der Waals surface area contributed by atoms with Gasteiger partial charge in [0.1, 0.15) is 11.6 Å². The third kappa shape index (κ3) is 8.26. The molecular formula is C25H35N3O2. The van der Waals surface area contributed by atoms with Crippen molar-refractivity contribution < 1.29 is 9.90 Å². The van der Waals surface area contributed by atoms with E-state index in [1.54, 1.807) is 6.08 Å². The average Bonchev–Trinajstić information content (AvgIpc) is 2.64. The molecule has 0 heterocycles. The molecule has 0 aliphatic rings. The molecule has 0 fully saturated rings. The smallest absolute Gasteiger partial charge is 0.262 e. The number of benzene rings is 2. The number of nitrogens with zero attached hydrogens (tertiary/aromatic N) is 2. The minimum atomic E-state index is -0.576. The average molecular weight is 410 g/mol. The monoisotopic (exact) mass is 409 g/mol. The maximum absolute atomic E-state index is 12.4. The number of hydrogen-bond donors (Lipinski definition) is 2. The fraction of sp³-hybridized carbons (Fsp3) is 0.440. The fourth-order valence-electron chi connectivity index (χ4n) is 2.65. The lowest BCUT2D eigenvalue weighted by molar-refractivity contribution is -0.118. The Hall–Kier alpha value is -2.84. The first-order chi connectivity index (χ1) is 14.0. The zero-order valence-corrected chi connectivity index (χ0v) is 19.3. The second-order valence-electron chi connectivity index (χ2n) is 8.90. The van der Waals surface area contributed by atoms with Crippen LogP contribution in [0.1, 0.15) is 46.6 Å². The van der Waals surface area contributed by atoms with Crippen LogP contribution in [0.15, 0.2) is 42.0 Å². The Morgan fingerprint density at radius 1 is 1.17 bits per heavy atom. The van der Waals surface area contributed by atoms with Crippen molar-refractivity contribution in [3.63, 3.8) is 0 Å². The van der Waals surface area contributed by atoms with Gasteiger partial charge in [0, 0.05) is 31.9 Å². The first-order valence-electron chi connectivity index (χ1n) is 10.3. The van der Waals surface area contributed by atoms with E-state index in [4.69, 9.17) is 5.11 Å². The van der Waals surface area contributed by atoms with E-state index >= 15 is 0 Å². The number of nitriles is 1. The Morgan fingerprint density at radius 2 is 1.73 bits per heavy atom. The molecule has 0 saturated carbocycles. The zero-order valence-electron chi connectivity index (χ0n) is 19.3. The minimum Gasteiger partial charge on any atom is -0.396 e. The van der Waals surface area contributed by atoms with E-state index in [2.05, 4.69) is 32.2 Å². The maximum Gasteiger partial charge on any atom is 0.262 e. The van der Waals surface area contributed by atoms with Crippen molar-refractivity contribution >= 4 is 28.4 Å². The van der Waals surface area contributed by atoms with Crippen molar-refractivity contribution in [3.8, 4) is 6.07 Å². The van der Waals surface area contributed by atoms with Crippen molar-refractivity contribution in [1.29, 1.82) is 5.26 Å². The summed E-state index contributed by atoms with van der Waals surface area (Å²) in [5.74, 6) is 0.397. The number of hydrogen-bond acceptors (Lipinski definition) is 4. The Kier molecular flexibility index (Phi) is 9.55. The van der Waals surface area contributed by atoms with Crippen LogP contribution in [0.25, 0.3) is 16.8 Å². The Bertz CT molecular complexity index is 919. The highest BCUT2D eigenvalue weighted by molar-refractivity contribution is 6.02. The topological polar surface area (TPSA) is 76.4 Å². The third-order valence-corrected chi connectivity index (χ3v) is 4.23. The lowest BCUT2D eigenvalue weighted by Crippen LogP contribution is -2.44. The second-order valence-corrected chi connectivity index (χ2v) is 8.90. The van der Waals surface area contributed by atoms with E-state index in [0.29, 0.717) is 6.42 Å². The van der Waals surface area contributed by atoms with Crippen LogP contribution in [0.3, 0.4) is 0 Å². The summed E-state index contributed by atoms with van der Waals surface area (Å²) in [6, 6.07) is 14.0. The second kappa shape index (κ2) is 11.4. The van der Waals surface area contributed by atoms with Gasteiger partial charge in [0.2, 0.25) is 0 Å². The van der Waals surface area contributed by atoms with Gasteiger partial charge in [0.25, 0.3) is 5.91 Å². The Morgan fingerprint density at radius 3 is 2.27 bits per heavy atom. The largest absolute Gasteiger partial charge is 0.396 e. The number of anilines is 1. The number of amides is 1. The minimum absolute atomic E-state index is 0.0293. The molecule has 0 aliphatic heterocycles. The zero-order chi connectivity index (χ0) is 22.9. The Balaban J connectivity index is 0.00000103. The summed E-state index contributed by atoms with van der Waals surface area (Å²) < 4.78 is 0. The predicted octanol–water partition coefficient (Wildman–Crippen LogP) is 4.75. The van der Waals surface area contributed by atoms with Gasteiger partial charge in [0.15, 0.2) is 0 Å². The maximum atomic E-state index is 12.4. The standard InChI is InChI=1S/C21H25N3O2.C4H10/c1-21(2,9-10-25)23-20(26)18(14-22)12-15-5-6-17-13-19(24(3)4)8-7-16(17)11-15;1-4(2)3/h5-8,11-13,25H,9-10H2,1-4H3,(H,23,26);4H,1-3H3/b18-12+;. The number of carbonyl (C=O) groups is 1. The summed E-state index contributed by atoms with van der Waals surface area (Å²) in [5.41, 5.74) is 1.37. The molecule has 0 radical (unpaired) electrons. The molecule has 2 N–H and O–H groups in total. The number of fused-ring (bicyclic) bond motifs is 1. The number of carbonyl (C=O) groups excluding carboxylic acids is 1. The highest BCUT2D eigenvalue weighted by atomic mass is 16.3. The first kappa shape index (κ1) is 25.2. The van der Waals surface area contributed by atoms with Gasteiger partial charge < -0.3 is 15.3 Å². The summed E-state index contributed by atoms with van der Waals surface area (Å²) >= 11 is 0. The van der Waals surface area contributed by atoms with Crippen LogP contribution < -0.4 is 10.2 Å². The molecule has 5 heteroatoms. The third-order valence-electron chi connectivity index (χ3n) is 4.23. The quantitative estimate of drug-likeness (QED) is 0.533. The van der Waals surface area contributed by atoms with E-state index < -0.39 is 11.4 Å². The van der Waals surface area contributed by atoms with Gasteiger partial charge in [-0.3, -0.25) is 4.79 Å². The Labute approximate surface area is 181 Å². The first-order valence-corrected chi connectivity index (χ1v) is 10.3. The van der Waals surface area contributed by atoms with Gasteiger partial charge in [-0.1, -0.05) is 39.0 Å². The molecule has 162 valence electrons. The van der Waals surface area contributed by atoms with E-state index in [-0.39, 0.29) is 12.2 Å². The molecule has 0 aromatic heterocycles. The van der Waals surface area contributed by atoms with Crippen LogP contribution in [0.2, 0.25) is 0 Å². The molecule has 0 aliphatic carbocycles. The molecule has 0 bridgehead atoms. The van der Waals surface area contributed by atoms with Crippen LogP contribution in [0.5, 0.6) is 0 Å². The van der Waals surface area contributed by atoms with Gasteiger partial charge in [-0.05, 0) is 66.8 Å². The predicted molar refractivity (Wildman–Crippen MR) is 126 cm³/mol. The molecule has 2 aromatic rings. The number of aliphatic hydroxyl groups excluding tert-OH is 1. The van der Waals surface area contributed by atoms with E-state index in [0.717, 1.165) is 27.9 Å². The summed E-state index contributed by atoms with van der Waals surface area (Å²) in [6.07, 6.45) is 2.01. The highest BCUT2D eigenvalue weighted by Gasteiger charge is 2.21. The number of nitrogens with one attached hydrogen (secondary N) is 1. The molecule has 2 rings (SSSR count). The van der Waals surface area contributed by atoms with Crippen molar-refractivity contribution in [2.45, 2.75) is 46.6 Å². The van der Waals surface area contributed by atoms with E-state index in [1.165, 1.54) is 0 Å². The molecule has 30 heavy (non-hydrogen) atoms. The van der Waals surface area contributed by atoms with Gasteiger partial charge in [0.05, 0.1) is 0 Å². The number of rotatable bonds is 6. The van der Waals surface area contributed by atoms with E-state index in [9.17, 15) is 10.1 Å². The van der Waals surface area contributed by atoms with Crippen molar-refractivity contribution in [3.05, 3.63) is 47.5 Å². The molecule has 0 unspecified atom stereocenters. The highest BCUT2D eigenvalue weighted by Crippen LogP contribution is 2.23. The molecule has 0 spiro atoms. The van der Waals surface area contributed by atoms with Crippen LogP contribution in [0, 0.1) is 17.2 Å². The van der Waals surface area contributed by atoms with Crippen molar-refractivity contribution in [1.82, 2.24) is 5.32 Å². The van der Waals surface area contributed by atoms with Gasteiger partial charge >= 0.3 is 0 Å². The van der Waals surface area contributed by atoms with E-state index in [1.807, 2.05) is 69.2 Å². The van der Waals surface area contributed by atoms with Crippen molar-refractivity contribution in [2.75, 3.05) is 25.6 Å². The lowest BCUT2D eigenvalue weighted by Gasteiger charge is -2.25. The molecular weight excluding hydrogens is 374 g/mol. The van der Waals surface area contributed by atoms with Crippen LogP contribution in [0.4, 0.5) is 5.69 Å². The summed E-state index contributed by atoms with van der Waals surface area (Å²) in [7, 11) is 3.99. The van der Waals surface area contributed by atoms with Crippen LogP contribution >= 0.6 is 0 Å². The molecule has 0 atom stereocenters. The van der Waals surface area contributed by atoms with Gasteiger partial charge in [-0.15, -0.1) is 0 Å². The summed E-state index contributed by atoms with van der Waals surface area (Å²) in [6.45, 7) is 10.1. The fourth-order valence-corrected chi connectivity index (χ4v) is 2.65. The van der Waals surface area contributed by atoms with Gasteiger partial charge in [-0.2, -0.15) is 5.26 Å². The molecule has 2 aromatic carbocycles. The normalized spacial score (nSPS) is 11.5. The SMILES string of the molecule is CC(C)C.CN(C)c1ccc2cc(/C=C(\C#N)C(=O)NC(C)(C)CCO)ccc2c1. The molecule has 5 nitrogen and oxygen atoms in total. The van der Waals surface area contributed by atoms with Crippen LogP contribution in [-0.2, 0) is 4.79 Å². The molecule has 1 amide bonds. The van der Waals surface area contributed by atoms with Crippen molar-refractivity contribution in [2.24, 2.45) is 5.92 Å². The number of aliphatic hydroxyl groups is 1. The summed E-state index contributed by atoms with van der Waals surface area (Å²) in [4.78, 5) is 14.4.